The average Bonchev–Trinajstić information content (AvgIpc) is 3.03. The number of amides is 1. The van der Waals surface area contributed by atoms with E-state index in [0.717, 1.165) is 18.9 Å². The van der Waals surface area contributed by atoms with E-state index in [-0.39, 0.29) is 17.6 Å². The lowest BCUT2D eigenvalue weighted by atomic mass is 9.84. The van der Waals surface area contributed by atoms with Crippen LogP contribution in [-0.2, 0) is 0 Å². The van der Waals surface area contributed by atoms with Crippen LogP contribution in [0.15, 0.2) is 23.6 Å². The van der Waals surface area contributed by atoms with Crippen LogP contribution in [0.4, 0.5) is 19.6 Å². The lowest BCUT2D eigenvalue weighted by Crippen LogP contribution is -2.39. The highest BCUT2D eigenvalue weighted by Gasteiger charge is 2.22. The van der Waals surface area contributed by atoms with Crippen LogP contribution in [0, 0.1) is 17.6 Å². The summed E-state index contributed by atoms with van der Waals surface area (Å²) in [6.45, 7) is 2.04. The van der Waals surface area contributed by atoms with E-state index in [9.17, 15) is 13.6 Å². The van der Waals surface area contributed by atoms with Gasteiger partial charge in [0.1, 0.15) is 17.3 Å². The molecule has 1 aromatic carbocycles. The first-order valence-corrected chi connectivity index (χ1v) is 9.39. The molecule has 1 fully saturated rings. The summed E-state index contributed by atoms with van der Waals surface area (Å²) in [6.07, 6.45) is 6.02. The molecule has 1 atom stereocenters. The Hall–Kier alpha value is -2.02. The number of halogens is 2. The number of carbonyl (C=O) groups excluding carboxylic acids is 1. The number of nitrogens with zero attached hydrogens (tertiary/aromatic N) is 1. The molecule has 1 aliphatic carbocycles. The fraction of sp³-hybridized carbons (Fsp3) is 0.444. The van der Waals surface area contributed by atoms with Crippen LogP contribution in [0.5, 0.6) is 0 Å². The Bertz CT molecular complexity index is 723. The van der Waals surface area contributed by atoms with Crippen LogP contribution in [0.2, 0.25) is 0 Å². The fourth-order valence-corrected chi connectivity index (χ4v) is 3.93. The topological polar surface area (TPSA) is 54.0 Å². The first-order chi connectivity index (χ1) is 12.0. The van der Waals surface area contributed by atoms with E-state index >= 15 is 0 Å². The minimum absolute atomic E-state index is 0.114. The van der Waals surface area contributed by atoms with Crippen molar-refractivity contribution in [3.63, 3.8) is 0 Å². The first-order valence-electron chi connectivity index (χ1n) is 8.51. The second-order valence-corrected chi connectivity index (χ2v) is 7.34. The Kier molecular flexibility index (Phi) is 5.63. The summed E-state index contributed by atoms with van der Waals surface area (Å²) in [5.74, 6) is -1.03. The van der Waals surface area contributed by atoms with Crippen LogP contribution in [0.25, 0.3) is 0 Å². The van der Waals surface area contributed by atoms with Crippen molar-refractivity contribution in [1.82, 2.24) is 10.3 Å². The Morgan fingerprint density at radius 3 is 2.56 bits per heavy atom. The summed E-state index contributed by atoms with van der Waals surface area (Å²) in [5.41, 5.74) is 0.571. The zero-order valence-electron chi connectivity index (χ0n) is 14.0. The molecule has 0 saturated heterocycles. The maximum Gasteiger partial charge on any atom is 0.271 e. The van der Waals surface area contributed by atoms with Gasteiger partial charge >= 0.3 is 0 Å². The highest BCUT2D eigenvalue weighted by Crippen LogP contribution is 2.27. The number of benzene rings is 1. The number of thiazole rings is 1. The van der Waals surface area contributed by atoms with E-state index < -0.39 is 11.6 Å². The quantitative estimate of drug-likeness (QED) is 0.795. The molecule has 1 aromatic heterocycles. The summed E-state index contributed by atoms with van der Waals surface area (Å²) in [7, 11) is 0. The third-order valence-electron chi connectivity index (χ3n) is 4.57. The zero-order valence-corrected chi connectivity index (χ0v) is 14.8. The van der Waals surface area contributed by atoms with Crippen molar-refractivity contribution < 1.29 is 13.6 Å². The molecule has 25 heavy (non-hydrogen) atoms. The van der Waals surface area contributed by atoms with Crippen molar-refractivity contribution in [2.24, 2.45) is 5.92 Å². The molecule has 0 radical (unpaired) electrons. The third kappa shape index (κ3) is 4.75. The van der Waals surface area contributed by atoms with Crippen LogP contribution >= 0.6 is 11.3 Å². The molecule has 2 aromatic rings. The maximum atomic E-state index is 13.2. The van der Waals surface area contributed by atoms with E-state index in [1.807, 2.05) is 6.92 Å². The van der Waals surface area contributed by atoms with Crippen molar-refractivity contribution in [3.05, 3.63) is 40.9 Å². The summed E-state index contributed by atoms with van der Waals surface area (Å²) < 4.78 is 26.4. The lowest BCUT2D eigenvalue weighted by molar-refractivity contribution is 0.0915. The van der Waals surface area contributed by atoms with E-state index in [1.165, 1.54) is 42.7 Å². The average molecular weight is 365 g/mol. The van der Waals surface area contributed by atoms with Crippen molar-refractivity contribution in [2.45, 2.75) is 45.1 Å². The highest BCUT2D eigenvalue weighted by atomic mass is 32.1. The van der Waals surface area contributed by atoms with Gasteiger partial charge in [0.2, 0.25) is 0 Å². The highest BCUT2D eigenvalue weighted by molar-refractivity contribution is 7.14. The van der Waals surface area contributed by atoms with Gasteiger partial charge < -0.3 is 10.6 Å². The van der Waals surface area contributed by atoms with Crippen molar-refractivity contribution in [3.8, 4) is 0 Å². The van der Waals surface area contributed by atoms with Gasteiger partial charge in [-0.3, -0.25) is 4.79 Å². The Balaban J connectivity index is 1.61. The third-order valence-corrected chi connectivity index (χ3v) is 5.32. The summed E-state index contributed by atoms with van der Waals surface area (Å²) in [5, 5.41) is 7.90. The minimum Gasteiger partial charge on any atom is -0.348 e. The molecule has 134 valence electrons. The van der Waals surface area contributed by atoms with E-state index in [0.29, 0.717) is 16.7 Å². The van der Waals surface area contributed by atoms with Crippen LogP contribution < -0.4 is 10.6 Å². The molecule has 0 aliphatic heterocycles. The Morgan fingerprint density at radius 2 is 1.88 bits per heavy atom. The minimum atomic E-state index is -0.668. The zero-order chi connectivity index (χ0) is 17.8. The van der Waals surface area contributed by atoms with Crippen LogP contribution in [-0.4, -0.2) is 16.9 Å². The van der Waals surface area contributed by atoms with Crippen molar-refractivity contribution >= 4 is 28.1 Å². The monoisotopic (exact) mass is 365 g/mol. The number of hydrogen-bond donors (Lipinski definition) is 2. The molecule has 3 rings (SSSR count). The van der Waals surface area contributed by atoms with Gasteiger partial charge in [-0.05, 0) is 37.8 Å². The largest absolute Gasteiger partial charge is 0.348 e. The number of hydrogen-bond acceptors (Lipinski definition) is 4. The molecule has 0 spiro atoms. The predicted molar refractivity (Wildman–Crippen MR) is 95.3 cm³/mol. The van der Waals surface area contributed by atoms with Gasteiger partial charge in [-0.2, -0.15) is 0 Å². The lowest BCUT2D eigenvalue weighted by Gasteiger charge is -2.28. The van der Waals surface area contributed by atoms with E-state index in [4.69, 9.17) is 0 Å². The predicted octanol–water partition coefficient (Wildman–Crippen LogP) is 4.86. The van der Waals surface area contributed by atoms with Gasteiger partial charge in [-0.25, -0.2) is 13.8 Å². The molecule has 1 aliphatic rings. The maximum absolute atomic E-state index is 13.2. The van der Waals surface area contributed by atoms with E-state index in [2.05, 4.69) is 15.6 Å². The molecule has 7 heteroatoms. The molecule has 4 nitrogen and oxygen atoms in total. The number of aromatic nitrogens is 1. The molecule has 2 N–H and O–H groups in total. The van der Waals surface area contributed by atoms with Gasteiger partial charge in [0, 0.05) is 23.2 Å². The molecular weight excluding hydrogens is 344 g/mol. The Morgan fingerprint density at radius 1 is 1.20 bits per heavy atom. The number of carbonyl (C=O) groups is 1. The summed E-state index contributed by atoms with van der Waals surface area (Å²) in [6, 6.07) is 3.27. The van der Waals surface area contributed by atoms with Gasteiger partial charge in [0.25, 0.3) is 5.91 Å². The second kappa shape index (κ2) is 7.91. The first kappa shape index (κ1) is 17.8. The molecule has 0 bridgehead atoms. The van der Waals surface area contributed by atoms with Crippen molar-refractivity contribution in [2.75, 3.05) is 5.32 Å². The van der Waals surface area contributed by atoms with Crippen LogP contribution in [0.1, 0.15) is 49.5 Å². The van der Waals surface area contributed by atoms with Gasteiger partial charge in [0.15, 0.2) is 5.13 Å². The molecule has 1 unspecified atom stereocenters. The molecule has 1 saturated carbocycles. The fourth-order valence-electron chi connectivity index (χ4n) is 3.22. The van der Waals surface area contributed by atoms with Gasteiger partial charge in [-0.15, -0.1) is 11.3 Å². The molecule has 1 amide bonds. The Labute approximate surface area is 149 Å². The number of nitrogens with one attached hydrogen (secondary N) is 2. The van der Waals surface area contributed by atoms with E-state index in [1.54, 1.807) is 5.38 Å². The smallest absolute Gasteiger partial charge is 0.271 e. The van der Waals surface area contributed by atoms with Crippen LogP contribution in [0.3, 0.4) is 0 Å². The normalized spacial score (nSPS) is 16.4. The second-order valence-electron chi connectivity index (χ2n) is 6.48. The standard InChI is InChI=1S/C18H21F2N3OS/c1-11(12-5-3-2-4-6-12)21-17(24)16-10-25-18(23-16)22-15-8-13(19)7-14(20)9-15/h7-12H,2-6H2,1H3,(H,21,24)(H,22,23). The SMILES string of the molecule is CC(NC(=O)c1csc(Nc2cc(F)cc(F)c2)n1)C1CCCCC1. The van der Waals surface area contributed by atoms with Gasteiger partial charge in [-0.1, -0.05) is 19.3 Å². The van der Waals surface area contributed by atoms with Crippen molar-refractivity contribution in [1.29, 1.82) is 0 Å². The van der Waals surface area contributed by atoms with Gasteiger partial charge in [0.05, 0.1) is 0 Å². The number of rotatable bonds is 5. The molecular formula is C18H21F2N3OS. The summed E-state index contributed by atoms with van der Waals surface area (Å²) >= 11 is 1.22. The molecule has 1 heterocycles. The number of anilines is 2. The summed E-state index contributed by atoms with van der Waals surface area (Å²) in [4.78, 5) is 16.6.